The lowest BCUT2D eigenvalue weighted by molar-refractivity contribution is 1.23. The van der Waals surface area contributed by atoms with E-state index in [-0.39, 0.29) is 0 Å². The maximum Gasteiger partial charge on any atom is 0.160 e. The molecule has 0 aliphatic carbocycles. The summed E-state index contributed by atoms with van der Waals surface area (Å²) in [7, 11) is 0. The summed E-state index contributed by atoms with van der Waals surface area (Å²) in [5, 5.41) is 3.07. The molecule has 3 aromatic heterocycles. The molecule has 0 bridgehead atoms. The molecular formula is C44H28N4. The minimum Gasteiger partial charge on any atom is -0.245 e. The van der Waals surface area contributed by atoms with Crippen LogP contribution in [0.4, 0.5) is 0 Å². The molecule has 0 fully saturated rings. The average molecular weight is 613 g/mol. The van der Waals surface area contributed by atoms with E-state index in [0.29, 0.717) is 5.82 Å². The van der Waals surface area contributed by atoms with Gasteiger partial charge >= 0.3 is 0 Å². The molecule has 0 radical (unpaired) electrons. The van der Waals surface area contributed by atoms with Gasteiger partial charge in [0.05, 0.1) is 33.6 Å². The molecule has 0 amide bonds. The van der Waals surface area contributed by atoms with Crippen LogP contribution >= 0.6 is 0 Å². The highest BCUT2D eigenvalue weighted by Crippen LogP contribution is 2.37. The fourth-order valence-corrected chi connectivity index (χ4v) is 6.46. The van der Waals surface area contributed by atoms with Crippen LogP contribution in [-0.4, -0.2) is 19.9 Å². The third kappa shape index (κ3) is 4.97. The van der Waals surface area contributed by atoms with E-state index in [2.05, 4.69) is 127 Å². The summed E-state index contributed by atoms with van der Waals surface area (Å²) < 4.78 is 0. The van der Waals surface area contributed by atoms with Gasteiger partial charge < -0.3 is 0 Å². The van der Waals surface area contributed by atoms with Crippen LogP contribution in [0.3, 0.4) is 0 Å². The Kier molecular flexibility index (Phi) is 6.76. The SMILES string of the molecule is c1ccc(-c2ccc(-c3ccc4ccc5ccc(-c6cccc7nc(-c8ccccc8)nc(-c8ccccc8)c67)nc5c4n3)cc2)cc1. The van der Waals surface area contributed by atoms with Crippen molar-refractivity contribution in [3.8, 4) is 56.3 Å². The van der Waals surface area contributed by atoms with Gasteiger partial charge in [0, 0.05) is 38.4 Å². The summed E-state index contributed by atoms with van der Waals surface area (Å²) >= 11 is 0. The van der Waals surface area contributed by atoms with Gasteiger partial charge in [-0.15, -0.1) is 0 Å². The van der Waals surface area contributed by atoms with Gasteiger partial charge in [0.1, 0.15) is 0 Å². The first kappa shape index (κ1) is 27.8. The third-order valence-corrected chi connectivity index (χ3v) is 8.89. The van der Waals surface area contributed by atoms with E-state index in [0.717, 1.165) is 72.0 Å². The predicted molar refractivity (Wildman–Crippen MR) is 197 cm³/mol. The van der Waals surface area contributed by atoms with Gasteiger partial charge in [0.25, 0.3) is 0 Å². The topological polar surface area (TPSA) is 51.6 Å². The number of nitrogens with zero attached hydrogens (tertiary/aromatic N) is 4. The number of fused-ring (bicyclic) bond motifs is 4. The van der Waals surface area contributed by atoms with Crippen molar-refractivity contribution in [1.29, 1.82) is 0 Å². The van der Waals surface area contributed by atoms with Gasteiger partial charge in [-0.1, -0.05) is 152 Å². The van der Waals surface area contributed by atoms with Crippen LogP contribution in [0.25, 0.3) is 89.0 Å². The van der Waals surface area contributed by atoms with Crippen molar-refractivity contribution in [1.82, 2.24) is 19.9 Å². The number of rotatable bonds is 5. The Morgan fingerprint density at radius 3 is 1.50 bits per heavy atom. The van der Waals surface area contributed by atoms with Gasteiger partial charge in [-0.25, -0.2) is 19.9 Å². The first-order valence-electron chi connectivity index (χ1n) is 16.1. The quantitative estimate of drug-likeness (QED) is 0.181. The van der Waals surface area contributed by atoms with Crippen molar-refractivity contribution < 1.29 is 0 Å². The second-order valence-electron chi connectivity index (χ2n) is 11.9. The van der Waals surface area contributed by atoms with Crippen molar-refractivity contribution in [2.75, 3.05) is 0 Å². The summed E-state index contributed by atoms with van der Waals surface area (Å²) in [5.74, 6) is 0.699. The molecular weight excluding hydrogens is 585 g/mol. The van der Waals surface area contributed by atoms with Gasteiger partial charge in [-0.3, -0.25) is 0 Å². The van der Waals surface area contributed by atoms with E-state index >= 15 is 0 Å². The fraction of sp³-hybridized carbons (Fsp3) is 0. The lowest BCUT2D eigenvalue weighted by Crippen LogP contribution is -1.98. The van der Waals surface area contributed by atoms with E-state index in [1.54, 1.807) is 0 Å². The molecule has 0 saturated heterocycles. The zero-order valence-corrected chi connectivity index (χ0v) is 26.0. The van der Waals surface area contributed by atoms with E-state index in [1.165, 1.54) is 11.1 Å². The number of benzene rings is 6. The Morgan fingerprint density at radius 1 is 0.312 bits per heavy atom. The summed E-state index contributed by atoms with van der Waals surface area (Å²) in [6.07, 6.45) is 0. The van der Waals surface area contributed by atoms with Gasteiger partial charge in [-0.05, 0) is 29.3 Å². The summed E-state index contributed by atoms with van der Waals surface area (Å²) in [6, 6.07) is 58.5. The van der Waals surface area contributed by atoms with Crippen molar-refractivity contribution in [3.63, 3.8) is 0 Å². The molecule has 4 heteroatoms. The Labute approximate surface area is 278 Å². The first-order chi connectivity index (χ1) is 23.8. The Morgan fingerprint density at radius 2 is 0.833 bits per heavy atom. The molecule has 9 rings (SSSR count). The molecule has 6 aromatic carbocycles. The van der Waals surface area contributed by atoms with Crippen molar-refractivity contribution in [3.05, 3.63) is 170 Å². The van der Waals surface area contributed by atoms with E-state index in [1.807, 2.05) is 42.5 Å². The lowest BCUT2D eigenvalue weighted by atomic mass is 9.98. The summed E-state index contributed by atoms with van der Waals surface area (Å²) in [5.41, 5.74) is 11.7. The second kappa shape index (κ2) is 11.7. The monoisotopic (exact) mass is 612 g/mol. The number of hydrogen-bond donors (Lipinski definition) is 0. The molecule has 0 N–H and O–H groups in total. The smallest absolute Gasteiger partial charge is 0.160 e. The zero-order valence-electron chi connectivity index (χ0n) is 26.0. The predicted octanol–water partition coefficient (Wildman–Crippen LogP) is 11.1. The Balaban J connectivity index is 1.21. The highest BCUT2D eigenvalue weighted by molar-refractivity contribution is 6.07. The highest BCUT2D eigenvalue weighted by Gasteiger charge is 2.17. The fourth-order valence-electron chi connectivity index (χ4n) is 6.46. The van der Waals surface area contributed by atoms with Crippen molar-refractivity contribution in [2.45, 2.75) is 0 Å². The molecule has 224 valence electrons. The maximum absolute atomic E-state index is 5.31. The maximum atomic E-state index is 5.31. The Hall–Kier alpha value is -6.52. The lowest BCUT2D eigenvalue weighted by Gasteiger charge is -2.14. The van der Waals surface area contributed by atoms with Crippen molar-refractivity contribution >= 4 is 32.7 Å². The van der Waals surface area contributed by atoms with Gasteiger partial charge in [0.15, 0.2) is 5.82 Å². The molecule has 9 aromatic rings. The van der Waals surface area contributed by atoms with E-state index in [4.69, 9.17) is 19.9 Å². The second-order valence-corrected chi connectivity index (χ2v) is 11.9. The number of aromatic nitrogens is 4. The number of pyridine rings is 2. The summed E-state index contributed by atoms with van der Waals surface area (Å²) in [6.45, 7) is 0. The molecule has 0 aliphatic heterocycles. The van der Waals surface area contributed by atoms with Gasteiger partial charge in [-0.2, -0.15) is 0 Å². The molecule has 0 unspecified atom stereocenters. The highest BCUT2D eigenvalue weighted by atomic mass is 14.9. The minimum absolute atomic E-state index is 0.699. The van der Waals surface area contributed by atoms with Crippen molar-refractivity contribution in [2.24, 2.45) is 0 Å². The zero-order chi connectivity index (χ0) is 31.9. The molecule has 0 aliphatic rings. The largest absolute Gasteiger partial charge is 0.245 e. The van der Waals surface area contributed by atoms with Crippen LogP contribution in [0.5, 0.6) is 0 Å². The minimum atomic E-state index is 0.699. The molecule has 0 atom stereocenters. The van der Waals surface area contributed by atoms with Crippen LogP contribution < -0.4 is 0 Å². The average Bonchev–Trinajstić information content (AvgIpc) is 3.18. The normalized spacial score (nSPS) is 11.3. The number of hydrogen-bond acceptors (Lipinski definition) is 4. The van der Waals surface area contributed by atoms with Crippen LogP contribution in [0.1, 0.15) is 0 Å². The first-order valence-corrected chi connectivity index (χ1v) is 16.1. The van der Waals surface area contributed by atoms with Crippen LogP contribution in [-0.2, 0) is 0 Å². The van der Waals surface area contributed by atoms with E-state index in [9.17, 15) is 0 Å². The molecule has 0 spiro atoms. The van der Waals surface area contributed by atoms with Crippen LogP contribution in [0, 0.1) is 0 Å². The molecule has 3 heterocycles. The molecule has 48 heavy (non-hydrogen) atoms. The van der Waals surface area contributed by atoms with E-state index < -0.39 is 0 Å². The summed E-state index contributed by atoms with van der Waals surface area (Å²) in [4.78, 5) is 20.7. The molecule has 0 saturated carbocycles. The third-order valence-electron chi connectivity index (χ3n) is 8.89. The Bertz CT molecular complexity index is 2580. The van der Waals surface area contributed by atoms with Crippen LogP contribution in [0.2, 0.25) is 0 Å². The van der Waals surface area contributed by atoms with Crippen LogP contribution in [0.15, 0.2) is 170 Å². The molecule has 4 nitrogen and oxygen atoms in total. The standard InChI is InChI=1S/C44H28N4/c1-4-11-29(12-5-1)30-19-21-31(22-20-30)37-27-25-33-23-24-34-26-28-38(46-43(34)42(33)45-37)36-17-10-18-39-40(36)41(32-13-6-2-7-14-32)48-44(47-39)35-15-8-3-9-16-35/h1-28H. The van der Waals surface area contributed by atoms with Gasteiger partial charge in [0.2, 0.25) is 0 Å².